The number of amides is 1. The number of fused-ring (bicyclic) bond motifs is 1. The van der Waals surface area contributed by atoms with E-state index in [1.807, 2.05) is 18.2 Å². The Morgan fingerprint density at radius 2 is 1.94 bits per heavy atom. The molecule has 0 bridgehead atoms. The second-order valence-electron chi connectivity index (χ2n) is 7.00. The molecular weight excluding hydrogens is 429 g/mol. The molecule has 0 saturated carbocycles. The van der Waals surface area contributed by atoms with Crippen LogP contribution < -0.4 is 10.2 Å². The van der Waals surface area contributed by atoms with Gasteiger partial charge in [-0.3, -0.25) is 14.2 Å². The van der Waals surface area contributed by atoms with E-state index < -0.39 is 23.9 Å². The number of nitrogens with zero attached hydrogens (tertiary/aromatic N) is 2. The largest absolute Gasteiger partial charge is 0.449 e. The van der Waals surface area contributed by atoms with Crippen LogP contribution >= 0.6 is 11.3 Å². The van der Waals surface area contributed by atoms with Crippen LogP contribution in [-0.4, -0.2) is 20.4 Å². The summed E-state index contributed by atoms with van der Waals surface area (Å²) < 4.78 is 40.3. The summed E-state index contributed by atoms with van der Waals surface area (Å²) >= 11 is 1.01. The number of aromatic nitrogens is 3. The first-order valence-electron chi connectivity index (χ1n) is 9.28. The van der Waals surface area contributed by atoms with Gasteiger partial charge in [-0.15, -0.1) is 0 Å². The number of carbonyl (C=O) groups excluding carboxylic acids is 1. The molecule has 2 N–H and O–H groups in total. The van der Waals surface area contributed by atoms with Crippen molar-refractivity contribution >= 4 is 28.3 Å². The third-order valence-corrected chi connectivity index (χ3v) is 5.71. The predicted molar refractivity (Wildman–Crippen MR) is 111 cm³/mol. The van der Waals surface area contributed by atoms with Crippen molar-refractivity contribution in [3.05, 3.63) is 86.2 Å². The van der Waals surface area contributed by atoms with Gasteiger partial charge in [-0.1, -0.05) is 47.7 Å². The Bertz CT molecular complexity index is 1290. The van der Waals surface area contributed by atoms with Gasteiger partial charge in [0.25, 0.3) is 0 Å². The fraction of sp³-hybridized carbons (Fsp3) is 0.190. The highest BCUT2D eigenvalue weighted by molar-refractivity contribution is 7.07. The van der Waals surface area contributed by atoms with Crippen LogP contribution in [0.2, 0.25) is 0 Å². The van der Waals surface area contributed by atoms with Gasteiger partial charge in [0, 0.05) is 11.1 Å². The second-order valence-corrected chi connectivity index (χ2v) is 7.82. The van der Waals surface area contributed by atoms with Crippen LogP contribution in [0.1, 0.15) is 28.7 Å². The lowest BCUT2D eigenvalue weighted by atomic mass is 9.98. The van der Waals surface area contributed by atoms with Crippen LogP contribution in [0.3, 0.4) is 0 Å². The Balaban J connectivity index is 1.68. The molecule has 0 aliphatic heterocycles. The Morgan fingerprint density at radius 1 is 1.19 bits per heavy atom. The molecule has 4 rings (SSSR count). The van der Waals surface area contributed by atoms with Gasteiger partial charge in [0.15, 0.2) is 0 Å². The molecule has 1 amide bonds. The molecule has 6 nitrogen and oxygen atoms in total. The van der Waals surface area contributed by atoms with Crippen LogP contribution in [0, 0.1) is 6.92 Å². The fourth-order valence-electron chi connectivity index (χ4n) is 3.29. The molecule has 160 valence electrons. The summed E-state index contributed by atoms with van der Waals surface area (Å²) in [5.74, 6) is -1.47. The highest BCUT2D eigenvalue weighted by Crippen LogP contribution is 2.30. The smallest absolute Gasteiger partial charge is 0.344 e. The van der Waals surface area contributed by atoms with Gasteiger partial charge in [-0.2, -0.15) is 13.2 Å². The standard InChI is InChI=1S/C21H17F3N4O2S/c1-12-11-31-20(30)28(12)10-17(29)27-18(13-5-3-2-4-6-13)14-7-8-15-16(9-14)26-19(25-15)21(22,23)24/h2-9,11,18H,10H2,1H3,(H,25,26)(H,27,29)/t18-/m1/s1. The lowest BCUT2D eigenvalue weighted by molar-refractivity contribution is -0.144. The van der Waals surface area contributed by atoms with Crippen LogP contribution in [-0.2, 0) is 17.5 Å². The van der Waals surface area contributed by atoms with E-state index in [-0.39, 0.29) is 22.5 Å². The highest BCUT2D eigenvalue weighted by Gasteiger charge is 2.34. The van der Waals surface area contributed by atoms with Gasteiger partial charge >= 0.3 is 11.0 Å². The minimum atomic E-state index is -4.59. The Kier molecular flexibility index (Phi) is 5.40. The molecule has 31 heavy (non-hydrogen) atoms. The first-order valence-corrected chi connectivity index (χ1v) is 10.2. The summed E-state index contributed by atoms with van der Waals surface area (Å²) in [6.45, 7) is 1.59. The van der Waals surface area contributed by atoms with Gasteiger partial charge in [0.05, 0.1) is 17.1 Å². The number of hydrogen-bond acceptors (Lipinski definition) is 4. The van der Waals surface area contributed by atoms with E-state index in [9.17, 15) is 22.8 Å². The number of halogens is 3. The first kappa shape index (κ1) is 20.9. The number of H-pyrrole nitrogens is 1. The number of alkyl halides is 3. The van der Waals surface area contributed by atoms with E-state index in [1.165, 1.54) is 16.7 Å². The fourth-order valence-corrected chi connectivity index (χ4v) is 4.03. The zero-order valence-electron chi connectivity index (χ0n) is 16.2. The molecule has 2 heterocycles. The number of aromatic amines is 1. The molecule has 0 aliphatic rings. The second kappa shape index (κ2) is 8.03. The molecule has 4 aromatic rings. The number of imidazole rings is 1. The maximum Gasteiger partial charge on any atom is 0.449 e. The van der Waals surface area contributed by atoms with Crippen LogP contribution in [0.4, 0.5) is 13.2 Å². The number of rotatable bonds is 5. The van der Waals surface area contributed by atoms with E-state index in [2.05, 4.69) is 15.3 Å². The summed E-state index contributed by atoms with van der Waals surface area (Å²) in [6, 6.07) is 13.1. The van der Waals surface area contributed by atoms with E-state index in [4.69, 9.17) is 0 Å². The topological polar surface area (TPSA) is 79.8 Å². The third-order valence-electron chi connectivity index (χ3n) is 4.82. The van der Waals surface area contributed by atoms with Gasteiger partial charge < -0.3 is 10.3 Å². The van der Waals surface area contributed by atoms with E-state index >= 15 is 0 Å². The van der Waals surface area contributed by atoms with Crippen molar-refractivity contribution in [2.24, 2.45) is 0 Å². The van der Waals surface area contributed by atoms with Crippen molar-refractivity contribution < 1.29 is 18.0 Å². The van der Waals surface area contributed by atoms with Crippen molar-refractivity contribution in [3.8, 4) is 0 Å². The van der Waals surface area contributed by atoms with E-state index in [0.29, 0.717) is 11.3 Å². The third kappa shape index (κ3) is 4.38. The van der Waals surface area contributed by atoms with Gasteiger partial charge in [0.1, 0.15) is 6.54 Å². The molecule has 0 saturated heterocycles. The summed E-state index contributed by atoms with van der Waals surface area (Å²) in [6.07, 6.45) is -4.59. The summed E-state index contributed by atoms with van der Waals surface area (Å²) in [4.78, 5) is 30.3. The molecule has 2 aromatic heterocycles. The summed E-state index contributed by atoms with van der Waals surface area (Å²) in [7, 11) is 0. The Labute approximate surface area is 178 Å². The van der Waals surface area contributed by atoms with Crippen molar-refractivity contribution in [2.75, 3.05) is 0 Å². The number of hydrogen-bond donors (Lipinski definition) is 2. The molecule has 0 aliphatic carbocycles. The SMILES string of the molecule is Cc1csc(=O)n1CC(=O)N[C@H](c1ccccc1)c1ccc2nc(C(F)(F)F)[nH]c2c1. The number of thiazole rings is 1. The molecule has 0 fully saturated rings. The van der Waals surface area contributed by atoms with Gasteiger partial charge in [-0.05, 0) is 30.2 Å². The monoisotopic (exact) mass is 446 g/mol. The quantitative estimate of drug-likeness (QED) is 0.486. The number of benzene rings is 2. The lowest BCUT2D eigenvalue weighted by Gasteiger charge is -2.20. The maximum atomic E-state index is 13.0. The number of aryl methyl sites for hydroxylation is 1. The zero-order valence-corrected chi connectivity index (χ0v) is 17.1. The van der Waals surface area contributed by atoms with Crippen LogP contribution in [0.5, 0.6) is 0 Å². The van der Waals surface area contributed by atoms with E-state index in [1.54, 1.807) is 30.5 Å². The van der Waals surface area contributed by atoms with Gasteiger partial charge in [-0.25, -0.2) is 4.98 Å². The van der Waals surface area contributed by atoms with Gasteiger partial charge in [0.2, 0.25) is 11.7 Å². The molecule has 0 spiro atoms. The van der Waals surface area contributed by atoms with E-state index in [0.717, 1.165) is 16.9 Å². The maximum absolute atomic E-state index is 13.0. The molecular formula is C21H17F3N4O2S. The average molecular weight is 446 g/mol. The Morgan fingerprint density at radius 3 is 2.58 bits per heavy atom. The zero-order chi connectivity index (χ0) is 22.2. The number of carbonyl (C=O) groups is 1. The molecule has 2 aromatic carbocycles. The average Bonchev–Trinajstić information content (AvgIpc) is 3.31. The van der Waals surface area contributed by atoms with Crippen molar-refractivity contribution in [3.63, 3.8) is 0 Å². The van der Waals surface area contributed by atoms with Crippen LogP contribution in [0.15, 0.2) is 58.7 Å². The van der Waals surface area contributed by atoms with Crippen molar-refractivity contribution in [1.82, 2.24) is 19.9 Å². The normalized spacial score (nSPS) is 12.8. The minimum absolute atomic E-state index is 0.151. The summed E-state index contributed by atoms with van der Waals surface area (Å²) in [5, 5.41) is 4.57. The summed E-state index contributed by atoms with van der Waals surface area (Å²) in [5.41, 5.74) is 2.40. The molecule has 10 heteroatoms. The minimum Gasteiger partial charge on any atom is -0.344 e. The highest BCUT2D eigenvalue weighted by atomic mass is 32.1. The van der Waals surface area contributed by atoms with Crippen molar-refractivity contribution in [2.45, 2.75) is 25.7 Å². The first-order chi connectivity index (χ1) is 14.7. The van der Waals surface area contributed by atoms with Crippen LogP contribution in [0.25, 0.3) is 11.0 Å². The van der Waals surface area contributed by atoms with Crippen molar-refractivity contribution in [1.29, 1.82) is 0 Å². The lowest BCUT2D eigenvalue weighted by Crippen LogP contribution is -2.34. The Hall–Kier alpha value is -3.40. The molecule has 1 atom stereocenters. The molecule has 0 unspecified atom stereocenters. The predicted octanol–water partition coefficient (Wildman–Crippen LogP) is 4.02. The number of nitrogens with one attached hydrogen (secondary N) is 2. The molecule has 0 radical (unpaired) electrons.